The molecule has 3 rings (SSSR count). The average Bonchev–Trinajstić information content (AvgIpc) is 3.39. The predicted molar refractivity (Wildman–Crippen MR) is 104 cm³/mol. The summed E-state index contributed by atoms with van der Waals surface area (Å²) in [6, 6.07) is 9.28. The van der Waals surface area contributed by atoms with Crippen LogP contribution in [0.1, 0.15) is 52.0 Å². The zero-order valence-corrected chi connectivity index (χ0v) is 16.0. The van der Waals surface area contributed by atoms with Crippen LogP contribution in [0.15, 0.2) is 24.3 Å². The third-order valence-electron chi connectivity index (χ3n) is 5.37. The van der Waals surface area contributed by atoms with Crippen LogP contribution in [-0.4, -0.2) is 38.1 Å². The molecule has 4 nitrogen and oxygen atoms in total. The predicted octanol–water partition coefficient (Wildman–Crippen LogP) is 3.07. The maximum Gasteiger partial charge on any atom is 0.234 e. The van der Waals surface area contributed by atoms with E-state index in [0.29, 0.717) is 12.6 Å². The molecule has 0 radical (unpaired) electrons. The molecule has 1 aliphatic heterocycles. The minimum Gasteiger partial charge on any atom is -0.371 e. The number of carbonyl (C=O) groups is 1. The lowest BCUT2D eigenvalue weighted by atomic mass is 9.87. The molecule has 0 aromatic heterocycles. The van der Waals surface area contributed by atoms with Gasteiger partial charge in [-0.05, 0) is 61.3 Å². The normalized spacial score (nSPS) is 19.1. The summed E-state index contributed by atoms with van der Waals surface area (Å²) in [7, 11) is 0. The van der Waals surface area contributed by atoms with Crippen molar-refractivity contribution >= 4 is 11.6 Å². The SMILES string of the molecule is CC(C)(C)c1ccc(N2CCC(NC(=O)CNCC3CC3)CC2)cc1. The molecule has 4 heteroatoms. The van der Waals surface area contributed by atoms with Gasteiger partial charge in [0.15, 0.2) is 0 Å². The highest BCUT2D eigenvalue weighted by Gasteiger charge is 2.23. The van der Waals surface area contributed by atoms with Gasteiger partial charge in [-0.3, -0.25) is 4.79 Å². The van der Waals surface area contributed by atoms with E-state index in [2.05, 4.69) is 60.6 Å². The van der Waals surface area contributed by atoms with Gasteiger partial charge in [0.2, 0.25) is 5.91 Å². The second-order valence-electron chi connectivity index (χ2n) is 8.70. The molecule has 1 saturated carbocycles. The standard InChI is InChI=1S/C21H33N3O/c1-21(2,3)17-6-8-19(9-7-17)24-12-10-18(11-13-24)23-20(25)15-22-14-16-4-5-16/h6-9,16,18,22H,4-5,10-15H2,1-3H3,(H,23,25). The van der Waals surface area contributed by atoms with Gasteiger partial charge in [0, 0.05) is 24.8 Å². The number of nitrogens with zero attached hydrogens (tertiary/aromatic N) is 1. The molecule has 2 fully saturated rings. The lowest BCUT2D eigenvalue weighted by molar-refractivity contribution is -0.121. The largest absolute Gasteiger partial charge is 0.371 e. The first kappa shape index (κ1) is 18.2. The fraction of sp³-hybridized carbons (Fsp3) is 0.667. The van der Waals surface area contributed by atoms with Crippen LogP contribution in [0.4, 0.5) is 5.69 Å². The topological polar surface area (TPSA) is 44.4 Å². The van der Waals surface area contributed by atoms with Crippen LogP contribution in [0, 0.1) is 5.92 Å². The number of rotatable bonds is 6. The Kier molecular flexibility index (Phi) is 5.67. The Bertz CT molecular complexity index is 564. The third kappa shape index (κ3) is 5.46. The van der Waals surface area contributed by atoms with Crippen LogP contribution >= 0.6 is 0 Å². The minimum absolute atomic E-state index is 0.147. The Hall–Kier alpha value is -1.55. The molecule has 138 valence electrons. The van der Waals surface area contributed by atoms with E-state index in [4.69, 9.17) is 0 Å². The van der Waals surface area contributed by atoms with E-state index >= 15 is 0 Å². The molecule has 0 bridgehead atoms. The second kappa shape index (κ2) is 7.77. The van der Waals surface area contributed by atoms with E-state index in [0.717, 1.165) is 38.4 Å². The summed E-state index contributed by atoms with van der Waals surface area (Å²) in [6.45, 7) is 10.2. The monoisotopic (exact) mass is 343 g/mol. The fourth-order valence-electron chi connectivity index (χ4n) is 3.44. The summed E-state index contributed by atoms with van der Waals surface area (Å²) in [5.74, 6) is 0.967. The van der Waals surface area contributed by atoms with E-state index in [1.54, 1.807) is 0 Å². The summed E-state index contributed by atoms with van der Waals surface area (Å²) < 4.78 is 0. The summed E-state index contributed by atoms with van der Waals surface area (Å²) in [4.78, 5) is 14.4. The summed E-state index contributed by atoms with van der Waals surface area (Å²) in [5.41, 5.74) is 2.87. The maximum absolute atomic E-state index is 12.0. The summed E-state index contributed by atoms with van der Waals surface area (Å²) in [5, 5.41) is 6.45. The van der Waals surface area contributed by atoms with E-state index in [-0.39, 0.29) is 11.3 Å². The summed E-state index contributed by atoms with van der Waals surface area (Å²) >= 11 is 0. The van der Waals surface area contributed by atoms with Gasteiger partial charge in [-0.2, -0.15) is 0 Å². The number of anilines is 1. The van der Waals surface area contributed by atoms with Crippen LogP contribution in [0.3, 0.4) is 0 Å². The molecule has 1 aromatic carbocycles. The minimum atomic E-state index is 0.147. The van der Waals surface area contributed by atoms with Crippen molar-refractivity contribution in [2.45, 2.75) is 57.9 Å². The summed E-state index contributed by atoms with van der Waals surface area (Å²) in [6.07, 6.45) is 4.69. The van der Waals surface area contributed by atoms with Gasteiger partial charge in [0.25, 0.3) is 0 Å². The van der Waals surface area contributed by atoms with Crippen molar-refractivity contribution in [1.29, 1.82) is 0 Å². The Labute approximate surface area is 152 Å². The average molecular weight is 344 g/mol. The van der Waals surface area contributed by atoms with Crippen molar-refractivity contribution in [3.05, 3.63) is 29.8 Å². The van der Waals surface area contributed by atoms with Crippen molar-refractivity contribution in [2.75, 3.05) is 31.1 Å². The van der Waals surface area contributed by atoms with Crippen molar-refractivity contribution in [3.63, 3.8) is 0 Å². The van der Waals surface area contributed by atoms with Crippen LogP contribution in [-0.2, 0) is 10.2 Å². The van der Waals surface area contributed by atoms with Crippen molar-refractivity contribution in [3.8, 4) is 0 Å². The molecule has 0 unspecified atom stereocenters. The molecule has 1 saturated heterocycles. The van der Waals surface area contributed by atoms with Crippen LogP contribution in [0.5, 0.6) is 0 Å². The fourth-order valence-corrected chi connectivity index (χ4v) is 3.44. The number of benzene rings is 1. The van der Waals surface area contributed by atoms with E-state index < -0.39 is 0 Å². The molecule has 0 atom stereocenters. The number of hydrogen-bond donors (Lipinski definition) is 2. The maximum atomic E-state index is 12.0. The zero-order valence-electron chi connectivity index (χ0n) is 16.0. The Balaban J connectivity index is 1.41. The number of amides is 1. The van der Waals surface area contributed by atoms with Gasteiger partial charge in [0.05, 0.1) is 6.54 Å². The number of nitrogens with one attached hydrogen (secondary N) is 2. The van der Waals surface area contributed by atoms with E-state index in [1.807, 2.05) is 0 Å². The zero-order chi connectivity index (χ0) is 17.9. The molecule has 2 N–H and O–H groups in total. The molecular weight excluding hydrogens is 310 g/mol. The molecule has 1 heterocycles. The second-order valence-corrected chi connectivity index (χ2v) is 8.70. The van der Waals surface area contributed by atoms with Gasteiger partial charge in [-0.25, -0.2) is 0 Å². The smallest absolute Gasteiger partial charge is 0.234 e. The first-order valence-electron chi connectivity index (χ1n) is 9.77. The Morgan fingerprint density at radius 2 is 1.72 bits per heavy atom. The van der Waals surface area contributed by atoms with Crippen molar-refractivity contribution in [1.82, 2.24) is 10.6 Å². The molecule has 1 amide bonds. The van der Waals surface area contributed by atoms with Gasteiger partial charge < -0.3 is 15.5 Å². The van der Waals surface area contributed by atoms with E-state index in [9.17, 15) is 4.79 Å². The number of carbonyl (C=O) groups excluding carboxylic acids is 1. The van der Waals surface area contributed by atoms with Gasteiger partial charge in [-0.15, -0.1) is 0 Å². The van der Waals surface area contributed by atoms with E-state index in [1.165, 1.54) is 24.1 Å². The van der Waals surface area contributed by atoms with Gasteiger partial charge in [-0.1, -0.05) is 32.9 Å². The molecule has 2 aliphatic rings. The molecule has 0 spiro atoms. The van der Waals surface area contributed by atoms with Gasteiger partial charge in [0.1, 0.15) is 0 Å². The van der Waals surface area contributed by atoms with Crippen molar-refractivity contribution < 1.29 is 4.79 Å². The van der Waals surface area contributed by atoms with Gasteiger partial charge >= 0.3 is 0 Å². The molecule has 1 aromatic rings. The van der Waals surface area contributed by atoms with Crippen molar-refractivity contribution in [2.24, 2.45) is 5.92 Å². The van der Waals surface area contributed by atoms with Crippen LogP contribution in [0.2, 0.25) is 0 Å². The Morgan fingerprint density at radius 3 is 2.28 bits per heavy atom. The quantitative estimate of drug-likeness (QED) is 0.834. The lowest BCUT2D eigenvalue weighted by Crippen LogP contribution is -2.47. The first-order chi connectivity index (χ1) is 11.9. The lowest BCUT2D eigenvalue weighted by Gasteiger charge is -2.34. The molecule has 25 heavy (non-hydrogen) atoms. The van der Waals surface area contributed by atoms with Crippen LogP contribution in [0.25, 0.3) is 0 Å². The molecular formula is C21H33N3O. The first-order valence-corrected chi connectivity index (χ1v) is 9.77. The highest BCUT2D eigenvalue weighted by Crippen LogP contribution is 2.27. The highest BCUT2D eigenvalue weighted by atomic mass is 16.1. The molecule has 1 aliphatic carbocycles. The van der Waals surface area contributed by atoms with Crippen LogP contribution < -0.4 is 15.5 Å². The third-order valence-corrected chi connectivity index (χ3v) is 5.37. The Morgan fingerprint density at radius 1 is 1.08 bits per heavy atom. The number of piperidine rings is 1. The highest BCUT2D eigenvalue weighted by molar-refractivity contribution is 5.78. The number of hydrogen-bond acceptors (Lipinski definition) is 3.